The van der Waals surface area contributed by atoms with Crippen LogP contribution < -0.4 is 10.1 Å². The van der Waals surface area contributed by atoms with Crippen LogP contribution in [0.4, 0.5) is 5.69 Å². The number of nitrogens with one attached hydrogen (secondary N) is 1. The van der Waals surface area contributed by atoms with Crippen LogP contribution in [0.25, 0.3) is 0 Å². The molecule has 0 spiro atoms. The SMILES string of the molecule is CCOc1ccc(NC(=O)CSc2nncs2)cc1S(=O)(=O)N1CCCCC1. The van der Waals surface area contributed by atoms with E-state index in [1.54, 1.807) is 24.6 Å². The fourth-order valence-electron chi connectivity index (χ4n) is 2.86. The Balaban J connectivity index is 1.77. The lowest BCUT2D eigenvalue weighted by Crippen LogP contribution is -2.35. The predicted octanol–water partition coefficient (Wildman–Crippen LogP) is 2.84. The Labute approximate surface area is 172 Å². The topological polar surface area (TPSA) is 101 Å². The van der Waals surface area contributed by atoms with E-state index >= 15 is 0 Å². The first-order valence-electron chi connectivity index (χ1n) is 8.96. The Kier molecular flexibility index (Phi) is 7.27. The molecule has 1 fully saturated rings. The summed E-state index contributed by atoms with van der Waals surface area (Å²) in [5, 5.41) is 10.3. The molecule has 1 aliphatic rings. The van der Waals surface area contributed by atoms with Crippen LogP contribution in [-0.4, -0.2) is 54.3 Å². The van der Waals surface area contributed by atoms with Gasteiger partial charge in [-0.25, -0.2) is 8.42 Å². The predicted molar refractivity (Wildman–Crippen MR) is 109 cm³/mol. The van der Waals surface area contributed by atoms with Crippen LogP contribution in [0, 0.1) is 0 Å². The van der Waals surface area contributed by atoms with E-state index < -0.39 is 10.0 Å². The van der Waals surface area contributed by atoms with Crippen molar-refractivity contribution >= 4 is 44.7 Å². The molecular formula is C17H22N4O4S3. The number of hydrogen-bond acceptors (Lipinski definition) is 8. The van der Waals surface area contributed by atoms with Gasteiger partial charge in [-0.2, -0.15) is 4.31 Å². The molecule has 11 heteroatoms. The van der Waals surface area contributed by atoms with E-state index in [4.69, 9.17) is 4.74 Å². The van der Waals surface area contributed by atoms with Gasteiger partial charge in [-0.05, 0) is 38.0 Å². The molecule has 1 aromatic heterocycles. The quantitative estimate of drug-likeness (QED) is 0.627. The molecule has 1 N–H and O–H groups in total. The van der Waals surface area contributed by atoms with Crippen molar-refractivity contribution in [2.75, 3.05) is 30.8 Å². The molecule has 1 aromatic carbocycles. The van der Waals surface area contributed by atoms with Crippen LogP contribution in [0.1, 0.15) is 26.2 Å². The lowest BCUT2D eigenvalue weighted by atomic mass is 10.2. The van der Waals surface area contributed by atoms with Crippen LogP contribution in [0.2, 0.25) is 0 Å². The highest BCUT2D eigenvalue weighted by atomic mass is 32.2. The summed E-state index contributed by atoms with van der Waals surface area (Å²) in [6, 6.07) is 4.71. The highest BCUT2D eigenvalue weighted by Crippen LogP contribution is 2.31. The second-order valence-corrected chi connectivity index (χ2v) is 10.1. The molecule has 1 amide bonds. The molecule has 152 valence electrons. The van der Waals surface area contributed by atoms with Gasteiger partial charge in [-0.15, -0.1) is 10.2 Å². The number of anilines is 1. The monoisotopic (exact) mass is 442 g/mol. The lowest BCUT2D eigenvalue weighted by Gasteiger charge is -2.27. The zero-order chi connectivity index (χ0) is 20.0. The number of carbonyl (C=O) groups is 1. The van der Waals surface area contributed by atoms with E-state index in [0.717, 1.165) is 19.3 Å². The number of aromatic nitrogens is 2. The molecular weight excluding hydrogens is 420 g/mol. The maximum absolute atomic E-state index is 13.1. The summed E-state index contributed by atoms with van der Waals surface area (Å²) in [7, 11) is -3.69. The standard InChI is InChI=1S/C17H22N4O4S3/c1-2-25-14-7-6-13(19-16(22)11-26-17-20-18-12-27-17)10-15(14)28(23,24)21-8-4-3-5-9-21/h6-7,10,12H,2-5,8-9,11H2,1H3,(H,19,22). The molecule has 3 rings (SSSR count). The van der Waals surface area contributed by atoms with E-state index in [2.05, 4.69) is 15.5 Å². The van der Waals surface area contributed by atoms with Gasteiger partial charge in [0.05, 0.1) is 12.4 Å². The fraction of sp³-hybridized carbons (Fsp3) is 0.471. The van der Waals surface area contributed by atoms with Gasteiger partial charge < -0.3 is 10.1 Å². The van der Waals surface area contributed by atoms with Crippen molar-refractivity contribution in [3.05, 3.63) is 23.7 Å². The summed E-state index contributed by atoms with van der Waals surface area (Å²) in [4.78, 5) is 12.3. The van der Waals surface area contributed by atoms with Gasteiger partial charge >= 0.3 is 0 Å². The molecule has 0 aliphatic carbocycles. The van der Waals surface area contributed by atoms with Gasteiger partial charge in [0.2, 0.25) is 15.9 Å². The largest absolute Gasteiger partial charge is 0.492 e. The van der Waals surface area contributed by atoms with E-state index in [-0.39, 0.29) is 16.6 Å². The summed E-state index contributed by atoms with van der Waals surface area (Å²) < 4.78 is 34.0. The summed E-state index contributed by atoms with van der Waals surface area (Å²) in [5.74, 6) is 0.219. The highest BCUT2D eigenvalue weighted by Gasteiger charge is 2.29. The van der Waals surface area contributed by atoms with E-state index in [1.807, 2.05) is 0 Å². The van der Waals surface area contributed by atoms with Crippen LogP contribution >= 0.6 is 23.1 Å². The molecule has 0 atom stereocenters. The van der Waals surface area contributed by atoms with Crippen LogP contribution in [0.5, 0.6) is 5.75 Å². The normalized spacial score (nSPS) is 15.3. The number of carbonyl (C=O) groups excluding carboxylic acids is 1. The fourth-order valence-corrected chi connectivity index (χ4v) is 5.82. The Morgan fingerprint density at radius 1 is 1.32 bits per heavy atom. The average molecular weight is 443 g/mol. The maximum atomic E-state index is 13.1. The van der Waals surface area contributed by atoms with Gasteiger partial charge in [0, 0.05) is 18.8 Å². The number of amides is 1. The molecule has 0 unspecified atom stereocenters. The van der Waals surface area contributed by atoms with Crippen molar-refractivity contribution in [1.82, 2.24) is 14.5 Å². The van der Waals surface area contributed by atoms with Crippen molar-refractivity contribution in [2.45, 2.75) is 35.4 Å². The van der Waals surface area contributed by atoms with E-state index in [1.165, 1.54) is 33.5 Å². The first-order valence-corrected chi connectivity index (χ1v) is 12.3. The molecule has 0 saturated carbocycles. The third-order valence-corrected chi connectivity index (χ3v) is 7.91. The maximum Gasteiger partial charge on any atom is 0.246 e. The molecule has 1 saturated heterocycles. The molecule has 2 aromatic rings. The summed E-state index contributed by atoms with van der Waals surface area (Å²) >= 11 is 2.64. The molecule has 28 heavy (non-hydrogen) atoms. The Hall–Kier alpha value is -1.69. The summed E-state index contributed by atoms with van der Waals surface area (Å²) in [6.07, 6.45) is 2.73. The van der Waals surface area contributed by atoms with Crippen LogP contribution in [-0.2, 0) is 14.8 Å². The first kappa shape index (κ1) is 21.0. The van der Waals surface area contributed by atoms with Crippen molar-refractivity contribution in [1.29, 1.82) is 0 Å². The number of rotatable bonds is 8. The van der Waals surface area contributed by atoms with Gasteiger partial charge in [0.25, 0.3) is 0 Å². The number of sulfonamides is 1. The minimum atomic E-state index is -3.69. The van der Waals surface area contributed by atoms with Gasteiger partial charge in [0.1, 0.15) is 16.2 Å². The van der Waals surface area contributed by atoms with E-state index in [9.17, 15) is 13.2 Å². The minimum Gasteiger partial charge on any atom is -0.492 e. The second-order valence-electron chi connectivity index (χ2n) is 6.10. The smallest absolute Gasteiger partial charge is 0.246 e. The van der Waals surface area contributed by atoms with Crippen LogP contribution in [0.15, 0.2) is 32.9 Å². The minimum absolute atomic E-state index is 0.0887. The molecule has 0 radical (unpaired) electrons. The molecule has 8 nitrogen and oxygen atoms in total. The first-order chi connectivity index (χ1) is 13.5. The molecule has 0 bridgehead atoms. The molecule has 2 heterocycles. The highest BCUT2D eigenvalue weighted by molar-refractivity contribution is 8.01. The zero-order valence-electron chi connectivity index (χ0n) is 15.5. The second kappa shape index (κ2) is 9.68. The Morgan fingerprint density at radius 2 is 2.11 bits per heavy atom. The number of thioether (sulfide) groups is 1. The van der Waals surface area contributed by atoms with E-state index in [0.29, 0.717) is 35.5 Å². The number of nitrogens with zero attached hydrogens (tertiary/aromatic N) is 3. The van der Waals surface area contributed by atoms with Gasteiger partial charge in [-0.3, -0.25) is 4.79 Å². The Bertz CT molecular complexity index is 897. The average Bonchev–Trinajstić information content (AvgIpc) is 3.22. The number of benzene rings is 1. The zero-order valence-corrected chi connectivity index (χ0v) is 17.9. The third kappa shape index (κ3) is 5.22. The van der Waals surface area contributed by atoms with Crippen molar-refractivity contribution in [3.8, 4) is 5.75 Å². The van der Waals surface area contributed by atoms with Crippen molar-refractivity contribution in [3.63, 3.8) is 0 Å². The number of ether oxygens (including phenoxy) is 1. The van der Waals surface area contributed by atoms with Gasteiger partial charge in [-0.1, -0.05) is 29.5 Å². The van der Waals surface area contributed by atoms with Crippen molar-refractivity contribution < 1.29 is 17.9 Å². The summed E-state index contributed by atoms with van der Waals surface area (Å²) in [5.41, 5.74) is 2.02. The number of piperidine rings is 1. The van der Waals surface area contributed by atoms with Gasteiger partial charge in [0.15, 0.2) is 4.34 Å². The van der Waals surface area contributed by atoms with Crippen molar-refractivity contribution in [2.24, 2.45) is 0 Å². The lowest BCUT2D eigenvalue weighted by molar-refractivity contribution is -0.113. The van der Waals surface area contributed by atoms with Crippen LogP contribution in [0.3, 0.4) is 0 Å². The molecule has 1 aliphatic heterocycles. The summed E-state index contributed by atoms with van der Waals surface area (Å²) in [6.45, 7) is 3.16. The third-order valence-electron chi connectivity index (χ3n) is 4.13. The Morgan fingerprint density at radius 3 is 2.79 bits per heavy atom. The number of hydrogen-bond donors (Lipinski definition) is 1.